The molecule has 0 unspecified atom stereocenters. The van der Waals surface area contributed by atoms with Gasteiger partial charge in [0, 0.05) is 77.3 Å². The van der Waals surface area contributed by atoms with Gasteiger partial charge in [-0.3, -0.25) is 9.97 Å². The van der Waals surface area contributed by atoms with Crippen LogP contribution >= 0.6 is 11.3 Å². The second kappa shape index (κ2) is 9.25. The molecule has 0 radical (unpaired) electrons. The number of para-hydroxylation sites is 2. The maximum absolute atomic E-state index is 6.15. The van der Waals surface area contributed by atoms with Gasteiger partial charge in [0.2, 0.25) is 0 Å². The molecule has 0 aliphatic carbocycles. The summed E-state index contributed by atoms with van der Waals surface area (Å²) >= 11 is 1.85. The second-order valence-electron chi connectivity index (χ2n) is 12.2. The Kier molecular flexibility index (Phi) is 4.96. The van der Waals surface area contributed by atoms with Gasteiger partial charge in [0.25, 0.3) is 0 Å². The van der Waals surface area contributed by atoms with Crippen LogP contribution in [0.4, 0.5) is 0 Å². The summed E-state index contributed by atoms with van der Waals surface area (Å²) in [7, 11) is 0. The van der Waals surface area contributed by atoms with Crippen LogP contribution in [0.2, 0.25) is 0 Å². The van der Waals surface area contributed by atoms with Crippen molar-refractivity contribution in [2.45, 2.75) is 0 Å². The zero-order valence-electron chi connectivity index (χ0n) is 24.8. The van der Waals surface area contributed by atoms with E-state index in [1.165, 1.54) is 42.1 Å². The second-order valence-corrected chi connectivity index (χ2v) is 13.2. The lowest BCUT2D eigenvalue weighted by molar-refractivity contribution is 0.668. The molecule has 0 N–H and O–H groups in total. The van der Waals surface area contributed by atoms with Gasteiger partial charge in [0.15, 0.2) is 0 Å². The van der Waals surface area contributed by atoms with E-state index in [1.54, 1.807) is 0 Å². The number of rotatable bonds is 2. The first-order valence-electron chi connectivity index (χ1n) is 15.6. The summed E-state index contributed by atoms with van der Waals surface area (Å²) in [5.41, 5.74) is 8.25. The predicted molar refractivity (Wildman–Crippen MR) is 195 cm³/mol. The minimum Gasteiger partial charge on any atom is -0.456 e. The number of furan rings is 2. The first-order chi connectivity index (χ1) is 23.3. The van der Waals surface area contributed by atoms with Crippen LogP contribution in [0.3, 0.4) is 0 Å². The minimum absolute atomic E-state index is 0.898. The smallest absolute Gasteiger partial charge is 0.135 e. The lowest BCUT2D eigenvalue weighted by Crippen LogP contribution is -1.86. The van der Waals surface area contributed by atoms with E-state index in [1.807, 2.05) is 60.4 Å². The van der Waals surface area contributed by atoms with Crippen LogP contribution in [0, 0.1) is 0 Å². The highest BCUT2D eigenvalue weighted by atomic mass is 32.1. The van der Waals surface area contributed by atoms with Gasteiger partial charge in [0.05, 0.1) is 0 Å². The fourth-order valence-electron chi connectivity index (χ4n) is 7.54. The molecule has 0 saturated carbocycles. The molecule has 0 saturated heterocycles. The molecular formula is C42H22N2O2S. The lowest BCUT2D eigenvalue weighted by atomic mass is 9.92. The van der Waals surface area contributed by atoms with Crippen molar-refractivity contribution in [2.75, 3.05) is 0 Å². The van der Waals surface area contributed by atoms with Crippen LogP contribution in [0.15, 0.2) is 143 Å². The van der Waals surface area contributed by atoms with E-state index in [0.717, 1.165) is 65.8 Å². The first kappa shape index (κ1) is 25.2. The van der Waals surface area contributed by atoms with Crippen molar-refractivity contribution >= 4 is 96.9 Å². The normalized spacial score (nSPS) is 12.3. The highest BCUT2D eigenvalue weighted by Gasteiger charge is 2.19. The van der Waals surface area contributed by atoms with E-state index in [4.69, 9.17) is 8.83 Å². The Morgan fingerprint density at radius 1 is 0.404 bits per heavy atom. The van der Waals surface area contributed by atoms with E-state index in [2.05, 4.69) is 94.9 Å². The maximum Gasteiger partial charge on any atom is 0.135 e. The molecule has 0 spiro atoms. The van der Waals surface area contributed by atoms with E-state index >= 15 is 0 Å². The lowest BCUT2D eigenvalue weighted by Gasteiger charge is -2.11. The Labute approximate surface area is 271 Å². The summed E-state index contributed by atoms with van der Waals surface area (Å²) in [5.74, 6) is 0. The molecule has 5 heterocycles. The van der Waals surface area contributed by atoms with Gasteiger partial charge < -0.3 is 8.83 Å². The third-order valence-electron chi connectivity index (χ3n) is 9.65. The zero-order valence-corrected chi connectivity index (χ0v) is 25.6. The molecule has 5 aromatic heterocycles. The van der Waals surface area contributed by atoms with Gasteiger partial charge >= 0.3 is 0 Å². The average molecular weight is 619 g/mol. The van der Waals surface area contributed by atoms with Crippen molar-refractivity contribution in [3.8, 4) is 22.3 Å². The number of hydrogen-bond donors (Lipinski definition) is 0. The van der Waals surface area contributed by atoms with Crippen LogP contribution in [-0.4, -0.2) is 9.97 Å². The average Bonchev–Trinajstić information content (AvgIpc) is 3.81. The number of hydrogen-bond acceptors (Lipinski definition) is 5. The third-order valence-corrected chi connectivity index (χ3v) is 10.7. The van der Waals surface area contributed by atoms with Crippen molar-refractivity contribution in [2.24, 2.45) is 0 Å². The monoisotopic (exact) mass is 618 g/mol. The summed E-state index contributed by atoms with van der Waals surface area (Å²) in [4.78, 5) is 9.20. The maximum atomic E-state index is 6.15. The summed E-state index contributed by atoms with van der Waals surface area (Å²) in [6, 6.07) is 38.6. The Balaban J connectivity index is 1.20. The third kappa shape index (κ3) is 3.52. The van der Waals surface area contributed by atoms with E-state index in [-0.39, 0.29) is 0 Å². The van der Waals surface area contributed by atoms with Gasteiger partial charge in [0.1, 0.15) is 22.3 Å². The molecule has 0 atom stereocenters. The van der Waals surface area contributed by atoms with Crippen molar-refractivity contribution in [1.82, 2.24) is 9.97 Å². The SMILES string of the molecule is c1ccc2c(c1)oc1ccc(-c3cc4sc5cc(-c6ccc7oc8ccccc8c7c6)c6cnccc6c5c4c4ccncc34)cc12. The van der Waals surface area contributed by atoms with Gasteiger partial charge in [-0.05, 0) is 93.7 Å². The molecule has 0 bridgehead atoms. The van der Waals surface area contributed by atoms with Gasteiger partial charge in [-0.25, -0.2) is 0 Å². The fourth-order valence-corrected chi connectivity index (χ4v) is 8.76. The number of thiophene rings is 1. The zero-order chi connectivity index (χ0) is 30.6. The highest BCUT2D eigenvalue weighted by molar-refractivity contribution is 7.26. The van der Waals surface area contributed by atoms with Crippen LogP contribution in [0.5, 0.6) is 0 Å². The molecule has 4 nitrogen and oxygen atoms in total. The summed E-state index contributed by atoms with van der Waals surface area (Å²) in [5, 5.41) is 11.7. The molecule has 11 aromatic rings. The molecule has 0 aliphatic heterocycles. The first-order valence-corrected chi connectivity index (χ1v) is 16.4. The molecule has 5 heteroatoms. The molecule has 0 fully saturated rings. The van der Waals surface area contributed by atoms with Crippen molar-refractivity contribution < 1.29 is 8.83 Å². The Morgan fingerprint density at radius 2 is 0.872 bits per heavy atom. The van der Waals surface area contributed by atoms with Crippen molar-refractivity contribution in [3.63, 3.8) is 0 Å². The van der Waals surface area contributed by atoms with Crippen molar-refractivity contribution in [1.29, 1.82) is 0 Å². The quantitative estimate of drug-likeness (QED) is 0.193. The Bertz CT molecular complexity index is 2880. The van der Waals surface area contributed by atoms with Crippen LogP contribution < -0.4 is 0 Å². The topological polar surface area (TPSA) is 52.1 Å². The van der Waals surface area contributed by atoms with Crippen molar-refractivity contribution in [3.05, 3.63) is 134 Å². The number of pyridine rings is 2. The Hall–Kier alpha value is -6.04. The van der Waals surface area contributed by atoms with E-state index in [9.17, 15) is 0 Å². The van der Waals surface area contributed by atoms with Crippen LogP contribution in [0.1, 0.15) is 0 Å². The summed E-state index contributed by atoms with van der Waals surface area (Å²) in [6.07, 6.45) is 7.83. The van der Waals surface area contributed by atoms with E-state index < -0.39 is 0 Å². The molecule has 0 aliphatic rings. The van der Waals surface area contributed by atoms with Crippen LogP contribution in [0.25, 0.3) is 108 Å². The highest BCUT2D eigenvalue weighted by Crippen LogP contribution is 2.48. The van der Waals surface area contributed by atoms with Crippen LogP contribution in [-0.2, 0) is 0 Å². The summed E-state index contributed by atoms with van der Waals surface area (Å²) in [6.45, 7) is 0. The van der Waals surface area contributed by atoms with Gasteiger partial charge in [-0.15, -0.1) is 11.3 Å². The molecule has 218 valence electrons. The number of nitrogens with zero attached hydrogens (tertiary/aromatic N) is 2. The molecule has 11 rings (SSSR count). The summed E-state index contributed by atoms with van der Waals surface area (Å²) < 4.78 is 14.8. The Morgan fingerprint density at radius 3 is 1.38 bits per heavy atom. The molecule has 0 amide bonds. The minimum atomic E-state index is 0.898. The molecular weight excluding hydrogens is 597 g/mol. The standard InChI is InChI=1S/C42H22N2O2S/c1-3-7-35-25(5-1)31-17-23(9-11-37(31)45-35)29-19-39-41(27-13-15-43-21-33(27)29)42-28-14-16-44-22-34(28)30(20-40(42)47-39)24-10-12-38-32(18-24)26-6-2-4-8-36(26)46-38/h1-22H. The van der Waals surface area contributed by atoms with E-state index in [0.29, 0.717) is 0 Å². The number of aromatic nitrogens is 2. The van der Waals surface area contributed by atoms with Gasteiger partial charge in [-0.1, -0.05) is 48.5 Å². The number of benzene rings is 6. The predicted octanol–water partition coefficient (Wildman–Crippen LogP) is 12.3. The van der Waals surface area contributed by atoms with Gasteiger partial charge in [-0.2, -0.15) is 0 Å². The molecule has 47 heavy (non-hydrogen) atoms. The largest absolute Gasteiger partial charge is 0.456 e. The fraction of sp³-hybridized carbons (Fsp3) is 0. The molecule has 6 aromatic carbocycles. The number of fused-ring (bicyclic) bond motifs is 13.